The minimum absolute atomic E-state index is 0.163. The molecular formula is C16H23F2N3O2. The summed E-state index contributed by atoms with van der Waals surface area (Å²) in [6.07, 6.45) is 1.08. The van der Waals surface area contributed by atoms with Crippen molar-refractivity contribution in [3.05, 3.63) is 29.8 Å². The van der Waals surface area contributed by atoms with Gasteiger partial charge >= 0.3 is 6.61 Å². The van der Waals surface area contributed by atoms with E-state index in [1.807, 2.05) is 6.07 Å². The van der Waals surface area contributed by atoms with Crippen LogP contribution in [-0.4, -0.2) is 51.3 Å². The van der Waals surface area contributed by atoms with Crippen molar-refractivity contribution in [2.24, 2.45) is 10.9 Å². The van der Waals surface area contributed by atoms with Crippen molar-refractivity contribution in [3.8, 4) is 5.75 Å². The number of rotatable bonds is 6. The third-order valence-corrected chi connectivity index (χ3v) is 3.77. The fraction of sp³-hybridized carbons (Fsp3) is 0.562. The van der Waals surface area contributed by atoms with E-state index in [4.69, 9.17) is 4.74 Å². The Morgan fingerprint density at radius 3 is 3.00 bits per heavy atom. The Morgan fingerprint density at radius 1 is 1.48 bits per heavy atom. The second kappa shape index (κ2) is 8.67. The summed E-state index contributed by atoms with van der Waals surface area (Å²) in [6, 6.07) is 6.67. The number of hydrogen-bond donors (Lipinski definition) is 1. The third kappa shape index (κ3) is 5.35. The molecule has 23 heavy (non-hydrogen) atoms. The van der Waals surface area contributed by atoms with Crippen LogP contribution in [0.3, 0.4) is 0 Å². The molecule has 2 rings (SSSR count). The van der Waals surface area contributed by atoms with Crippen LogP contribution >= 0.6 is 0 Å². The van der Waals surface area contributed by atoms with Crippen LogP contribution < -0.4 is 10.1 Å². The molecular weight excluding hydrogens is 304 g/mol. The van der Waals surface area contributed by atoms with E-state index in [0.29, 0.717) is 12.5 Å². The highest BCUT2D eigenvalue weighted by Crippen LogP contribution is 2.18. The number of ether oxygens (including phenoxy) is 2. The van der Waals surface area contributed by atoms with Gasteiger partial charge in [0.05, 0.1) is 6.61 Å². The number of hydrogen-bond acceptors (Lipinski definition) is 3. The van der Waals surface area contributed by atoms with Gasteiger partial charge < -0.3 is 19.7 Å². The minimum atomic E-state index is -2.81. The van der Waals surface area contributed by atoms with Crippen LogP contribution in [-0.2, 0) is 11.3 Å². The van der Waals surface area contributed by atoms with Gasteiger partial charge in [-0.15, -0.1) is 0 Å². The molecule has 1 atom stereocenters. The first kappa shape index (κ1) is 17.5. The smallest absolute Gasteiger partial charge is 0.387 e. The lowest BCUT2D eigenvalue weighted by molar-refractivity contribution is -0.0498. The summed E-state index contributed by atoms with van der Waals surface area (Å²) in [5.41, 5.74) is 0.858. The third-order valence-electron chi connectivity index (χ3n) is 3.77. The maximum absolute atomic E-state index is 12.3. The lowest BCUT2D eigenvalue weighted by Gasteiger charge is -2.21. The predicted octanol–water partition coefficient (Wildman–Crippen LogP) is 2.33. The average molecular weight is 327 g/mol. The van der Waals surface area contributed by atoms with E-state index in [1.165, 1.54) is 6.07 Å². The molecule has 7 heteroatoms. The fourth-order valence-corrected chi connectivity index (χ4v) is 2.74. The molecule has 1 saturated heterocycles. The molecule has 1 N–H and O–H groups in total. The maximum atomic E-state index is 12.3. The van der Waals surface area contributed by atoms with Gasteiger partial charge in [-0.1, -0.05) is 12.1 Å². The number of benzene rings is 1. The summed E-state index contributed by atoms with van der Waals surface area (Å²) < 4.78 is 34.1. The average Bonchev–Trinajstić information content (AvgIpc) is 2.96. The molecule has 0 aromatic heterocycles. The van der Waals surface area contributed by atoms with Gasteiger partial charge in [-0.25, -0.2) is 0 Å². The highest BCUT2D eigenvalue weighted by Gasteiger charge is 2.24. The zero-order chi connectivity index (χ0) is 16.7. The molecule has 1 aromatic carbocycles. The van der Waals surface area contributed by atoms with Crippen molar-refractivity contribution in [1.82, 2.24) is 10.2 Å². The van der Waals surface area contributed by atoms with Crippen molar-refractivity contribution in [3.63, 3.8) is 0 Å². The molecule has 128 valence electrons. The molecule has 0 radical (unpaired) electrons. The first-order chi connectivity index (χ1) is 11.1. The largest absolute Gasteiger partial charge is 0.435 e. The molecule has 1 aliphatic heterocycles. The van der Waals surface area contributed by atoms with E-state index in [1.54, 1.807) is 26.3 Å². The SMILES string of the molecule is CN=C(NCc1cccc(OC(F)F)c1)N1CCC(COC)C1. The number of nitrogens with one attached hydrogen (secondary N) is 1. The number of halogens is 2. The van der Waals surface area contributed by atoms with Crippen molar-refractivity contribution in [2.75, 3.05) is 33.9 Å². The summed E-state index contributed by atoms with van der Waals surface area (Å²) in [6.45, 7) is 0.275. The Morgan fingerprint density at radius 2 is 2.30 bits per heavy atom. The number of nitrogens with zero attached hydrogens (tertiary/aromatic N) is 2. The highest BCUT2D eigenvalue weighted by molar-refractivity contribution is 5.80. The van der Waals surface area contributed by atoms with Gasteiger partial charge in [0.1, 0.15) is 5.75 Å². The monoisotopic (exact) mass is 327 g/mol. The number of guanidine groups is 1. The first-order valence-corrected chi connectivity index (χ1v) is 7.60. The normalized spacial score (nSPS) is 18.6. The zero-order valence-corrected chi connectivity index (χ0v) is 13.5. The van der Waals surface area contributed by atoms with Gasteiger partial charge in [-0.05, 0) is 24.1 Å². The molecule has 1 aliphatic rings. The molecule has 5 nitrogen and oxygen atoms in total. The molecule has 0 amide bonds. The second-order valence-corrected chi connectivity index (χ2v) is 5.48. The van der Waals surface area contributed by atoms with Crippen molar-refractivity contribution in [1.29, 1.82) is 0 Å². The molecule has 1 heterocycles. The second-order valence-electron chi connectivity index (χ2n) is 5.48. The summed E-state index contributed by atoms with van der Waals surface area (Å²) in [5, 5.41) is 3.26. The molecule has 0 spiro atoms. The number of aliphatic imine (C=N–C) groups is 1. The standard InChI is InChI=1S/C16H23F2N3O2/c1-19-16(21-7-6-13(10-21)11-22-2)20-9-12-4-3-5-14(8-12)23-15(17)18/h3-5,8,13,15H,6-7,9-11H2,1-2H3,(H,19,20). The number of methoxy groups -OCH3 is 1. The lowest BCUT2D eigenvalue weighted by Crippen LogP contribution is -2.39. The Hall–Kier alpha value is -1.89. The summed E-state index contributed by atoms with van der Waals surface area (Å²) in [5.74, 6) is 1.49. The first-order valence-electron chi connectivity index (χ1n) is 7.60. The molecule has 0 saturated carbocycles. The quantitative estimate of drug-likeness (QED) is 0.643. The van der Waals surface area contributed by atoms with Crippen LogP contribution in [0, 0.1) is 5.92 Å². The lowest BCUT2D eigenvalue weighted by atomic mass is 10.1. The number of alkyl halides is 2. The van der Waals surface area contributed by atoms with Gasteiger partial charge in [0.2, 0.25) is 0 Å². The Bertz CT molecular complexity index is 526. The van der Waals surface area contributed by atoms with Crippen LogP contribution in [0.1, 0.15) is 12.0 Å². The van der Waals surface area contributed by atoms with E-state index in [0.717, 1.165) is 37.6 Å². The molecule has 1 unspecified atom stereocenters. The summed E-state index contributed by atoms with van der Waals surface area (Å²) in [4.78, 5) is 6.47. The van der Waals surface area contributed by atoms with Gasteiger partial charge in [-0.3, -0.25) is 4.99 Å². The topological polar surface area (TPSA) is 46.1 Å². The number of likely N-dealkylation sites (tertiary alicyclic amines) is 1. The Labute approximate surface area is 135 Å². The van der Waals surface area contributed by atoms with Crippen LogP contribution in [0.25, 0.3) is 0 Å². The van der Waals surface area contributed by atoms with Gasteiger partial charge in [0, 0.05) is 39.7 Å². The van der Waals surface area contributed by atoms with Crippen molar-refractivity contribution >= 4 is 5.96 Å². The van der Waals surface area contributed by atoms with Gasteiger partial charge in [0.25, 0.3) is 0 Å². The minimum Gasteiger partial charge on any atom is -0.435 e. The maximum Gasteiger partial charge on any atom is 0.387 e. The Kier molecular flexibility index (Phi) is 6.58. The molecule has 1 aromatic rings. The van der Waals surface area contributed by atoms with Crippen LogP contribution in [0.15, 0.2) is 29.3 Å². The van der Waals surface area contributed by atoms with Crippen LogP contribution in [0.4, 0.5) is 8.78 Å². The van der Waals surface area contributed by atoms with Crippen molar-refractivity contribution < 1.29 is 18.3 Å². The van der Waals surface area contributed by atoms with Crippen LogP contribution in [0.5, 0.6) is 5.75 Å². The Balaban J connectivity index is 1.89. The van der Waals surface area contributed by atoms with E-state index in [2.05, 4.69) is 19.9 Å². The van der Waals surface area contributed by atoms with Crippen molar-refractivity contribution in [2.45, 2.75) is 19.6 Å². The highest BCUT2D eigenvalue weighted by atomic mass is 19.3. The van der Waals surface area contributed by atoms with E-state index in [-0.39, 0.29) is 5.75 Å². The van der Waals surface area contributed by atoms with E-state index >= 15 is 0 Å². The fourth-order valence-electron chi connectivity index (χ4n) is 2.74. The predicted molar refractivity (Wildman–Crippen MR) is 84.8 cm³/mol. The van der Waals surface area contributed by atoms with Crippen LogP contribution in [0.2, 0.25) is 0 Å². The van der Waals surface area contributed by atoms with Gasteiger partial charge in [-0.2, -0.15) is 8.78 Å². The van der Waals surface area contributed by atoms with E-state index < -0.39 is 6.61 Å². The summed E-state index contributed by atoms with van der Waals surface area (Å²) >= 11 is 0. The van der Waals surface area contributed by atoms with Gasteiger partial charge in [0.15, 0.2) is 5.96 Å². The summed E-state index contributed by atoms with van der Waals surface area (Å²) in [7, 11) is 3.45. The molecule has 0 aliphatic carbocycles. The molecule has 0 bridgehead atoms. The zero-order valence-electron chi connectivity index (χ0n) is 13.5. The molecule has 1 fully saturated rings. The van der Waals surface area contributed by atoms with E-state index in [9.17, 15) is 8.78 Å².